The Morgan fingerprint density at radius 3 is 1.03 bits per heavy atom. The molecule has 0 bridgehead atoms. The Hall–Kier alpha value is -9.76. The minimum atomic E-state index is -0.475. The number of hydrogen-bond donors (Lipinski definition) is 0. The Balaban J connectivity index is 0.956. The van der Waals surface area contributed by atoms with Gasteiger partial charge in [0, 0.05) is 11.8 Å². The minimum absolute atomic E-state index is 0.465. The first-order chi connectivity index (χ1) is 37.7. The summed E-state index contributed by atoms with van der Waals surface area (Å²) in [4.78, 5) is 10.00. The standard InChI is InChI=1S/C74H44N2/c1-2-25-57-56(24-1)71(46-36-38-54-52-22-7-13-30-64(52)73(66(54)43-46)60-26-9-3-18-48(60)49-19-4-10-27-61(49)73)58-40-35-45(68-33-17-34-70(76-68)69-32-15-16-41-75-69)42-59(58)72(57)47-37-39-55-53-23-8-14-31-65(53)74(67(55)44-47)62-28-11-5-20-50(62)51-21-6-12-29-63(51)74/h1-44H. The molecule has 13 aromatic rings. The van der Waals surface area contributed by atoms with Gasteiger partial charge < -0.3 is 0 Å². The van der Waals surface area contributed by atoms with Crippen LogP contribution in [0.5, 0.6) is 0 Å². The van der Waals surface area contributed by atoms with Crippen LogP contribution >= 0.6 is 0 Å². The van der Waals surface area contributed by atoms with Crippen molar-refractivity contribution in [1.29, 1.82) is 0 Å². The average Bonchev–Trinajstić information content (AvgIpc) is 4.21. The van der Waals surface area contributed by atoms with Gasteiger partial charge in [0.25, 0.3) is 0 Å². The molecule has 0 unspecified atom stereocenters. The van der Waals surface area contributed by atoms with E-state index in [1.807, 2.05) is 24.4 Å². The van der Waals surface area contributed by atoms with Gasteiger partial charge in [-0.3, -0.25) is 4.98 Å². The van der Waals surface area contributed by atoms with Gasteiger partial charge in [0.2, 0.25) is 0 Å². The molecule has 76 heavy (non-hydrogen) atoms. The van der Waals surface area contributed by atoms with Crippen LogP contribution < -0.4 is 0 Å². The first kappa shape index (κ1) is 41.7. The Bertz CT molecular complexity index is 4530. The molecule has 2 nitrogen and oxygen atoms in total. The number of fused-ring (bicyclic) bond motifs is 22. The molecule has 350 valence electrons. The van der Waals surface area contributed by atoms with Gasteiger partial charge in [0.1, 0.15) is 0 Å². The van der Waals surface area contributed by atoms with Crippen LogP contribution in [0.2, 0.25) is 0 Å². The lowest BCUT2D eigenvalue weighted by Gasteiger charge is -2.31. The van der Waals surface area contributed by atoms with Crippen molar-refractivity contribution in [3.05, 3.63) is 312 Å². The van der Waals surface area contributed by atoms with E-state index in [0.717, 1.165) is 22.6 Å². The first-order valence-corrected chi connectivity index (χ1v) is 26.5. The van der Waals surface area contributed by atoms with Crippen LogP contribution in [0.4, 0.5) is 0 Å². The summed E-state index contributed by atoms with van der Waals surface area (Å²) < 4.78 is 0. The summed E-state index contributed by atoms with van der Waals surface area (Å²) in [5.74, 6) is 0. The lowest BCUT2D eigenvalue weighted by molar-refractivity contribution is 0.794. The molecule has 0 radical (unpaired) electrons. The summed E-state index contributed by atoms with van der Waals surface area (Å²) >= 11 is 0. The molecule has 11 aromatic carbocycles. The monoisotopic (exact) mass is 960 g/mol. The predicted molar refractivity (Wildman–Crippen MR) is 311 cm³/mol. The maximum atomic E-state index is 5.30. The average molecular weight is 961 g/mol. The summed E-state index contributed by atoms with van der Waals surface area (Å²) in [6.45, 7) is 0. The van der Waals surface area contributed by atoms with E-state index in [1.165, 1.54) is 133 Å². The third kappa shape index (κ3) is 5.30. The molecule has 17 rings (SSSR count). The van der Waals surface area contributed by atoms with Gasteiger partial charge in [-0.2, -0.15) is 0 Å². The van der Waals surface area contributed by atoms with E-state index >= 15 is 0 Å². The highest BCUT2D eigenvalue weighted by Crippen LogP contribution is 2.65. The van der Waals surface area contributed by atoms with Crippen molar-refractivity contribution < 1.29 is 0 Å². The van der Waals surface area contributed by atoms with Crippen LogP contribution in [-0.2, 0) is 10.8 Å². The van der Waals surface area contributed by atoms with Gasteiger partial charge in [0.05, 0.1) is 27.9 Å². The predicted octanol–water partition coefficient (Wildman–Crippen LogP) is 18.1. The molecule has 2 heteroatoms. The number of benzene rings is 11. The van der Waals surface area contributed by atoms with E-state index in [4.69, 9.17) is 9.97 Å². The van der Waals surface area contributed by atoms with E-state index in [9.17, 15) is 0 Å². The van der Waals surface area contributed by atoms with Crippen LogP contribution in [0.1, 0.15) is 44.5 Å². The van der Waals surface area contributed by atoms with Gasteiger partial charge in [-0.25, -0.2) is 4.98 Å². The zero-order valence-electron chi connectivity index (χ0n) is 41.3. The summed E-state index contributed by atoms with van der Waals surface area (Å²) in [7, 11) is 0. The highest BCUT2D eigenvalue weighted by Gasteiger charge is 2.53. The van der Waals surface area contributed by atoms with Gasteiger partial charge in [-0.05, 0) is 175 Å². The SMILES string of the molecule is c1ccc(-c2cccc(-c3ccc4c(-c5ccc6c(c5)C5(c7ccccc7-c7ccccc75)c5ccccc5-6)c5ccccc5c(-c5ccc6c(c5)C5(c7ccccc7-c7ccccc75)c5ccccc5-6)c4c3)n2)nc1. The third-order valence-electron chi connectivity index (χ3n) is 17.6. The molecule has 0 atom stereocenters. The lowest BCUT2D eigenvalue weighted by atomic mass is 9.70. The van der Waals surface area contributed by atoms with Crippen LogP contribution in [0.15, 0.2) is 267 Å². The van der Waals surface area contributed by atoms with Crippen LogP contribution in [0.3, 0.4) is 0 Å². The second kappa shape index (κ2) is 15.4. The quantitative estimate of drug-likeness (QED) is 0.164. The summed E-state index contributed by atoms with van der Waals surface area (Å²) in [6, 6.07) is 97.8. The number of hydrogen-bond acceptors (Lipinski definition) is 2. The Morgan fingerprint density at radius 2 is 0.579 bits per heavy atom. The molecule has 2 aromatic heterocycles. The minimum Gasteiger partial charge on any atom is -0.255 e. The maximum Gasteiger partial charge on any atom is 0.0893 e. The highest BCUT2D eigenvalue weighted by atomic mass is 14.8. The van der Waals surface area contributed by atoms with Crippen molar-refractivity contribution in [2.24, 2.45) is 0 Å². The van der Waals surface area contributed by atoms with Gasteiger partial charge >= 0.3 is 0 Å². The second-order valence-electron chi connectivity index (χ2n) is 21.0. The fourth-order valence-electron chi connectivity index (χ4n) is 14.7. The lowest BCUT2D eigenvalue weighted by Crippen LogP contribution is -2.25. The Kier molecular flexibility index (Phi) is 8.44. The number of pyridine rings is 2. The first-order valence-electron chi connectivity index (χ1n) is 26.5. The van der Waals surface area contributed by atoms with Crippen LogP contribution in [0, 0.1) is 0 Å². The van der Waals surface area contributed by atoms with Crippen molar-refractivity contribution in [3.63, 3.8) is 0 Å². The fraction of sp³-hybridized carbons (Fsp3) is 0.0270. The van der Waals surface area contributed by atoms with E-state index in [2.05, 4.69) is 243 Å². The maximum absolute atomic E-state index is 5.30. The van der Waals surface area contributed by atoms with E-state index < -0.39 is 10.8 Å². The zero-order valence-corrected chi connectivity index (χ0v) is 41.3. The number of rotatable bonds is 4. The van der Waals surface area contributed by atoms with Gasteiger partial charge in [-0.1, -0.05) is 218 Å². The highest BCUT2D eigenvalue weighted by molar-refractivity contribution is 6.22. The summed E-state index contributed by atoms with van der Waals surface area (Å²) in [5.41, 5.74) is 28.7. The molecular weight excluding hydrogens is 917 g/mol. The van der Waals surface area contributed by atoms with E-state index in [-0.39, 0.29) is 0 Å². The van der Waals surface area contributed by atoms with E-state index in [1.54, 1.807) is 0 Å². The van der Waals surface area contributed by atoms with Crippen molar-refractivity contribution in [1.82, 2.24) is 9.97 Å². The molecule has 2 heterocycles. The molecule has 0 aliphatic heterocycles. The van der Waals surface area contributed by atoms with E-state index in [0.29, 0.717) is 0 Å². The molecule has 4 aliphatic carbocycles. The van der Waals surface area contributed by atoms with Crippen molar-refractivity contribution in [3.8, 4) is 89.4 Å². The van der Waals surface area contributed by atoms with Crippen molar-refractivity contribution in [2.75, 3.05) is 0 Å². The molecule has 0 amide bonds. The largest absolute Gasteiger partial charge is 0.255 e. The normalized spacial score (nSPS) is 14.0. The van der Waals surface area contributed by atoms with Crippen molar-refractivity contribution in [2.45, 2.75) is 10.8 Å². The summed E-state index contributed by atoms with van der Waals surface area (Å²) in [6.07, 6.45) is 1.84. The third-order valence-corrected chi connectivity index (χ3v) is 17.6. The Labute approximate surface area is 441 Å². The topological polar surface area (TPSA) is 25.8 Å². The second-order valence-corrected chi connectivity index (χ2v) is 21.0. The number of nitrogens with zero attached hydrogens (tertiary/aromatic N) is 2. The van der Waals surface area contributed by atoms with Crippen LogP contribution in [0.25, 0.3) is 111 Å². The fourth-order valence-corrected chi connectivity index (χ4v) is 14.7. The van der Waals surface area contributed by atoms with Gasteiger partial charge in [-0.15, -0.1) is 0 Å². The van der Waals surface area contributed by atoms with Crippen molar-refractivity contribution >= 4 is 21.5 Å². The molecule has 0 fully saturated rings. The molecule has 0 N–H and O–H groups in total. The molecule has 0 saturated heterocycles. The summed E-state index contributed by atoms with van der Waals surface area (Å²) in [5, 5.41) is 4.82. The molecule has 2 spiro atoms. The zero-order chi connectivity index (χ0) is 49.7. The Morgan fingerprint density at radius 1 is 0.224 bits per heavy atom. The number of aromatic nitrogens is 2. The molecule has 0 saturated carbocycles. The molecule has 4 aliphatic rings. The van der Waals surface area contributed by atoms with Gasteiger partial charge in [0.15, 0.2) is 0 Å². The molecular formula is C74H44N2. The smallest absolute Gasteiger partial charge is 0.0893 e. The van der Waals surface area contributed by atoms with Crippen LogP contribution in [-0.4, -0.2) is 9.97 Å².